The summed E-state index contributed by atoms with van der Waals surface area (Å²) in [5.41, 5.74) is 0. The third-order valence-electron chi connectivity index (χ3n) is 3.62. The molecule has 11 heavy (non-hydrogen) atoms. The average Bonchev–Trinajstić information content (AvgIpc) is 2.78. The molecule has 0 heteroatoms. The van der Waals surface area contributed by atoms with Crippen LogP contribution in [0.3, 0.4) is 0 Å². The number of rotatable bonds is 3. The molecule has 0 bridgehead atoms. The first-order valence-corrected chi connectivity index (χ1v) is 5.40. The van der Waals surface area contributed by atoms with Crippen LogP contribution in [0.5, 0.6) is 0 Å². The lowest BCUT2D eigenvalue weighted by molar-refractivity contribution is 0.318. The molecule has 3 atom stereocenters. The van der Waals surface area contributed by atoms with Gasteiger partial charge >= 0.3 is 0 Å². The third kappa shape index (κ3) is 1.77. The van der Waals surface area contributed by atoms with Gasteiger partial charge in [-0.25, -0.2) is 0 Å². The van der Waals surface area contributed by atoms with Gasteiger partial charge in [-0.3, -0.25) is 0 Å². The first-order chi connectivity index (χ1) is 5.40. The minimum atomic E-state index is 1.12. The second-order valence-electron chi connectivity index (χ2n) is 4.58. The lowest BCUT2D eigenvalue weighted by atomic mass is 9.86. The largest absolute Gasteiger partial charge is 0.0654 e. The molecule has 0 aromatic carbocycles. The van der Waals surface area contributed by atoms with Crippen LogP contribution in [0.2, 0.25) is 0 Å². The van der Waals surface area contributed by atoms with Crippen molar-refractivity contribution in [1.82, 2.24) is 0 Å². The molecule has 0 heterocycles. The van der Waals surface area contributed by atoms with Gasteiger partial charge in [0.15, 0.2) is 0 Å². The average molecular weight is 152 g/mol. The Hall–Kier alpha value is 0. The van der Waals surface area contributed by atoms with Gasteiger partial charge in [0.2, 0.25) is 0 Å². The van der Waals surface area contributed by atoms with E-state index >= 15 is 0 Å². The van der Waals surface area contributed by atoms with Gasteiger partial charge in [-0.15, -0.1) is 0 Å². The van der Waals surface area contributed by atoms with Crippen LogP contribution in [-0.4, -0.2) is 0 Å². The Bertz CT molecular complexity index is 128. The summed E-state index contributed by atoms with van der Waals surface area (Å²) < 4.78 is 0. The molecular weight excluding hydrogens is 132 g/mol. The molecule has 0 N–H and O–H groups in total. The molecule has 2 fully saturated rings. The van der Waals surface area contributed by atoms with Gasteiger partial charge < -0.3 is 0 Å². The van der Waals surface area contributed by atoms with Gasteiger partial charge in [-0.1, -0.05) is 32.6 Å². The minimum absolute atomic E-state index is 1.12. The lowest BCUT2D eigenvalue weighted by Crippen LogP contribution is -2.07. The maximum absolute atomic E-state index is 2.31. The summed E-state index contributed by atoms with van der Waals surface area (Å²) in [6, 6.07) is 0. The molecule has 0 nitrogen and oxygen atoms in total. The second-order valence-corrected chi connectivity index (χ2v) is 4.58. The van der Waals surface area contributed by atoms with E-state index in [0.717, 1.165) is 5.92 Å². The van der Waals surface area contributed by atoms with E-state index in [4.69, 9.17) is 0 Å². The molecule has 2 aliphatic carbocycles. The van der Waals surface area contributed by atoms with Crippen LogP contribution in [0.4, 0.5) is 0 Å². The van der Waals surface area contributed by atoms with Crippen molar-refractivity contribution >= 4 is 0 Å². The van der Waals surface area contributed by atoms with Crippen LogP contribution in [0.1, 0.15) is 51.9 Å². The molecule has 0 aliphatic heterocycles. The van der Waals surface area contributed by atoms with Crippen molar-refractivity contribution in [3.63, 3.8) is 0 Å². The minimum Gasteiger partial charge on any atom is -0.0654 e. The van der Waals surface area contributed by atoms with Crippen molar-refractivity contribution in [2.45, 2.75) is 51.9 Å². The molecule has 2 aliphatic rings. The summed E-state index contributed by atoms with van der Waals surface area (Å²) >= 11 is 0. The van der Waals surface area contributed by atoms with Gasteiger partial charge in [-0.05, 0) is 37.0 Å². The standard InChI is InChI=1S/C11H20/c1-2-3-4-9-5-6-10-8-11(10)7-9/h9-11H,2-8H2,1H3. The molecule has 2 rings (SSSR count). The molecule has 0 radical (unpaired) electrons. The predicted octanol–water partition coefficient (Wildman–Crippen LogP) is 3.61. The summed E-state index contributed by atoms with van der Waals surface area (Å²) in [5.74, 6) is 3.50. The molecule has 0 amide bonds. The predicted molar refractivity (Wildman–Crippen MR) is 48.5 cm³/mol. The maximum Gasteiger partial charge on any atom is -0.0380 e. The Morgan fingerprint density at radius 2 is 2.00 bits per heavy atom. The fraction of sp³-hybridized carbons (Fsp3) is 1.00. The van der Waals surface area contributed by atoms with Crippen LogP contribution in [0.25, 0.3) is 0 Å². The van der Waals surface area contributed by atoms with Crippen LogP contribution in [-0.2, 0) is 0 Å². The van der Waals surface area contributed by atoms with Crippen molar-refractivity contribution < 1.29 is 0 Å². The summed E-state index contributed by atoms with van der Waals surface area (Å²) in [7, 11) is 0. The smallest absolute Gasteiger partial charge is 0.0380 e. The quantitative estimate of drug-likeness (QED) is 0.579. The topological polar surface area (TPSA) is 0 Å². The fourth-order valence-corrected chi connectivity index (χ4v) is 2.70. The normalized spacial score (nSPS) is 41.7. The molecule has 3 unspecified atom stereocenters. The van der Waals surface area contributed by atoms with Gasteiger partial charge in [-0.2, -0.15) is 0 Å². The lowest BCUT2D eigenvalue weighted by Gasteiger charge is -2.20. The number of hydrogen-bond acceptors (Lipinski definition) is 0. The van der Waals surface area contributed by atoms with Gasteiger partial charge in [0.05, 0.1) is 0 Å². The van der Waals surface area contributed by atoms with E-state index < -0.39 is 0 Å². The monoisotopic (exact) mass is 152 g/mol. The molecule has 64 valence electrons. The third-order valence-corrected chi connectivity index (χ3v) is 3.62. The number of unbranched alkanes of at least 4 members (excludes halogenated alkanes) is 1. The summed E-state index contributed by atoms with van der Waals surface area (Å²) in [6.07, 6.45) is 10.7. The van der Waals surface area contributed by atoms with Crippen molar-refractivity contribution in [3.8, 4) is 0 Å². The van der Waals surface area contributed by atoms with Crippen LogP contribution >= 0.6 is 0 Å². The Labute approximate surface area is 70.4 Å². The zero-order valence-corrected chi connectivity index (χ0v) is 7.68. The highest BCUT2D eigenvalue weighted by Crippen LogP contribution is 2.52. The summed E-state index contributed by atoms with van der Waals surface area (Å²) in [4.78, 5) is 0. The Balaban J connectivity index is 1.68. The van der Waals surface area contributed by atoms with E-state index in [2.05, 4.69) is 6.92 Å². The SMILES string of the molecule is CCCCC1CCC2CC2C1. The first-order valence-electron chi connectivity index (χ1n) is 5.40. The van der Waals surface area contributed by atoms with E-state index in [1.165, 1.54) is 31.1 Å². The maximum atomic E-state index is 2.31. The molecule has 0 spiro atoms. The van der Waals surface area contributed by atoms with E-state index in [1.54, 1.807) is 25.7 Å². The van der Waals surface area contributed by atoms with E-state index in [-0.39, 0.29) is 0 Å². The van der Waals surface area contributed by atoms with E-state index in [0.29, 0.717) is 0 Å². The highest BCUT2D eigenvalue weighted by Gasteiger charge is 2.41. The number of hydrogen-bond donors (Lipinski definition) is 0. The zero-order chi connectivity index (χ0) is 7.68. The van der Waals surface area contributed by atoms with Crippen molar-refractivity contribution in [2.75, 3.05) is 0 Å². The van der Waals surface area contributed by atoms with Gasteiger partial charge in [0.25, 0.3) is 0 Å². The fourth-order valence-electron chi connectivity index (χ4n) is 2.70. The Morgan fingerprint density at radius 3 is 2.73 bits per heavy atom. The second kappa shape index (κ2) is 3.16. The van der Waals surface area contributed by atoms with E-state index in [1.807, 2.05) is 0 Å². The summed E-state index contributed by atoms with van der Waals surface area (Å²) in [5, 5.41) is 0. The van der Waals surface area contributed by atoms with Crippen molar-refractivity contribution in [3.05, 3.63) is 0 Å². The molecule has 0 saturated heterocycles. The summed E-state index contributed by atoms with van der Waals surface area (Å²) in [6.45, 7) is 2.31. The van der Waals surface area contributed by atoms with Gasteiger partial charge in [0.1, 0.15) is 0 Å². The van der Waals surface area contributed by atoms with Crippen LogP contribution < -0.4 is 0 Å². The van der Waals surface area contributed by atoms with E-state index in [9.17, 15) is 0 Å². The molecule has 0 aromatic rings. The highest BCUT2D eigenvalue weighted by atomic mass is 14.5. The van der Waals surface area contributed by atoms with Crippen LogP contribution in [0, 0.1) is 17.8 Å². The van der Waals surface area contributed by atoms with Crippen molar-refractivity contribution in [2.24, 2.45) is 17.8 Å². The zero-order valence-electron chi connectivity index (χ0n) is 7.68. The van der Waals surface area contributed by atoms with Gasteiger partial charge in [0, 0.05) is 0 Å². The van der Waals surface area contributed by atoms with Crippen LogP contribution in [0.15, 0.2) is 0 Å². The Kier molecular flexibility index (Phi) is 2.20. The Morgan fingerprint density at radius 1 is 1.09 bits per heavy atom. The number of fused-ring (bicyclic) bond motifs is 1. The molecule has 2 saturated carbocycles. The van der Waals surface area contributed by atoms with Crippen molar-refractivity contribution in [1.29, 1.82) is 0 Å². The molecular formula is C11H20. The molecule has 0 aromatic heterocycles. The first kappa shape index (κ1) is 7.64. The highest BCUT2D eigenvalue weighted by molar-refractivity contribution is 4.92.